The van der Waals surface area contributed by atoms with Gasteiger partial charge in [-0.15, -0.1) is 0 Å². The van der Waals surface area contributed by atoms with Gasteiger partial charge in [0.25, 0.3) is 5.91 Å². The van der Waals surface area contributed by atoms with Gasteiger partial charge < -0.3 is 15.8 Å². The van der Waals surface area contributed by atoms with E-state index in [0.29, 0.717) is 22.1 Å². The highest BCUT2D eigenvalue weighted by atomic mass is 79.9. The summed E-state index contributed by atoms with van der Waals surface area (Å²) >= 11 is 9.41. The highest BCUT2D eigenvalue weighted by Gasteiger charge is 2.30. The topological polar surface area (TPSA) is 64.3 Å². The number of hydrogen-bond acceptors (Lipinski definition) is 3. The molecule has 0 spiro atoms. The first-order valence-corrected chi connectivity index (χ1v) is 7.76. The van der Waals surface area contributed by atoms with E-state index in [1.54, 1.807) is 44.2 Å². The predicted molar refractivity (Wildman–Crippen MR) is 93.3 cm³/mol. The second-order valence-electron chi connectivity index (χ2n) is 5.26. The fourth-order valence-corrected chi connectivity index (χ4v) is 2.25. The third-order valence-electron chi connectivity index (χ3n) is 2.97. The molecule has 0 saturated heterocycles. The second kappa shape index (κ2) is 6.58. The lowest BCUT2D eigenvalue weighted by Crippen LogP contribution is -2.42. The Balaban J connectivity index is 2.11. The Bertz CT molecular complexity index is 687. The summed E-state index contributed by atoms with van der Waals surface area (Å²) in [6, 6.07) is 12.2. The van der Waals surface area contributed by atoms with Crippen molar-refractivity contribution in [2.24, 2.45) is 0 Å². The van der Waals surface area contributed by atoms with E-state index >= 15 is 0 Å². The summed E-state index contributed by atoms with van der Waals surface area (Å²) < 4.78 is 6.69. The average molecular weight is 384 g/mol. The number of carbonyl (C=O) groups excluding carboxylic acids is 1. The van der Waals surface area contributed by atoms with Crippen LogP contribution in [-0.2, 0) is 4.79 Å². The SMILES string of the molecule is CC(C)(Oc1ccc(Br)cc1)C(=O)Nc1ccc(N)cc1Cl. The van der Waals surface area contributed by atoms with Crippen LogP contribution in [0, 0.1) is 0 Å². The number of hydrogen-bond donors (Lipinski definition) is 2. The van der Waals surface area contributed by atoms with Gasteiger partial charge in [-0.3, -0.25) is 4.79 Å². The molecule has 2 aromatic carbocycles. The van der Waals surface area contributed by atoms with Gasteiger partial charge in [0.05, 0.1) is 10.7 Å². The molecule has 0 aliphatic heterocycles. The zero-order valence-electron chi connectivity index (χ0n) is 12.2. The van der Waals surface area contributed by atoms with Gasteiger partial charge in [0.15, 0.2) is 5.60 Å². The van der Waals surface area contributed by atoms with E-state index in [4.69, 9.17) is 22.1 Å². The predicted octanol–water partition coefficient (Wildman–Crippen LogP) is 4.48. The quantitative estimate of drug-likeness (QED) is 0.765. The number of rotatable bonds is 4. The number of benzene rings is 2. The maximum atomic E-state index is 12.4. The molecule has 22 heavy (non-hydrogen) atoms. The van der Waals surface area contributed by atoms with E-state index in [-0.39, 0.29) is 5.91 Å². The van der Waals surface area contributed by atoms with E-state index in [9.17, 15) is 4.79 Å². The van der Waals surface area contributed by atoms with E-state index < -0.39 is 5.60 Å². The molecule has 0 fully saturated rings. The number of anilines is 2. The second-order valence-corrected chi connectivity index (χ2v) is 6.58. The first-order valence-electron chi connectivity index (χ1n) is 6.59. The standard InChI is InChI=1S/C16H16BrClN2O2/c1-16(2,22-12-6-3-10(17)4-7-12)15(21)20-14-8-5-11(19)9-13(14)18/h3-9H,19H2,1-2H3,(H,20,21). The van der Waals surface area contributed by atoms with Crippen molar-refractivity contribution in [3.63, 3.8) is 0 Å². The van der Waals surface area contributed by atoms with E-state index in [1.807, 2.05) is 12.1 Å². The fraction of sp³-hybridized carbons (Fsp3) is 0.188. The van der Waals surface area contributed by atoms with Gasteiger partial charge in [-0.25, -0.2) is 0 Å². The molecule has 6 heteroatoms. The van der Waals surface area contributed by atoms with Crippen molar-refractivity contribution in [2.45, 2.75) is 19.4 Å². The number of nitrogens with one attached hydrogen (secondary N) is 1. The normalized spacial score (nSPS) is 11.1. The molecule has 2 aromatic rings. The van der Waals surface area contributed by atoms with Gasteiger partial charge in [-0.2, -0.15) is 0 Å². The van der Waals surface area contributed by atoms with Crippen LogP contribution in [0.2, 0.25) is 5.02 Å². The number of ether oxygens (including phenoxy) is 1. The summed E-state index contributed by atoms with van der Waals surface area (Å²) in [7, 11) is 0. The molecule has 116 valence electrons. The number of nitrogen functional groups attached to an aromatic ring is 1. The molecule has 0 unspecified atom stereocenters. The number of halogens is 2. The smallest absolute Gasteiger partial charge is 0.268 e. The Labute approximate surface area is 142 Å². The van der Waals surface area contributed by atoms with Crippen molar-refractivity contribution in [3.05, 3.63) is 52.0 Å². The van der Waals surface area contributed by atoms with Crippen molar-refractivity contribution in [1.82, 2.24) is 0 Å². The lowest BCUT2D eigenvalue weighted by Gasteiger charge is -2.25. The third-order valence-corrected chi connectivity index (χ3v) is 3.82. The van der Waals surface area contributed by atoms with E-state index in [1.165, 1.54) is 0 Å². The summed E-state index contributed by atoms with van der Waals surface area (Å²) in [4.78, 5) is 12.4. The largest absolute Gasteiger partial charge is 0.478 e. The van der Waals surface area contributed by atoms with Gasteiger partial charge in [0.2, 0.25) is 0 Å². The minimum absolute atomic E-state index is 0.304. The van der Waals surface area contributed by atoms with Gasteiger partial charge in [-0.05, 0) is 56.3 Å². The number of carbonyl (C=O) groups is 1. The molecular formula is C16H16BrClN2O2. The lowest BCUT2D eigenvalue weighted by atomic mass is 10.1. The minimum atomic E-state index is -1.06. The fourth-order valence-electron chi connectivity index (χ4n) is 1.75. The number of amides is 1. The molecule has 0 heterocycles. The summed E-state index contributed by atoms with van der Waals surface area (Å²) in [6.45, 7) is 3.38. The molecule has 2 rings (SSSR count). The van der Waals surface area contributed by atoms with Crippen LogP contribution in [0.3, 0.4) is 0 Å². The van der Waals surface area contributed by atoms with Crippen LogP contribution in [0.15, 0.2) is 46.9 Å². The molecule has 0 bridgehead atoms. The Morgan fingerprint density at radius 1 is 1.23 bits per heavy atom. The van der Waals surface area contributed by atoms with Crippen LogP contribution in [-0.4, -0.2) is 11.5 Å². The Hall–Kier alpha value is -1.72. The molecule has 0 saturated carbocycles. The molecule has 3 N–H and O–H groups in total. The van der Waals surface area contributed by atoms with Crippen molar-refractivity contribution in [3.8, 4) is 5.75 Å². The summed E-state index contributed by atoms with van der Waals surface area (Å²) in [6.07, 6.45) is 0. The summed E-state index contributed by atoms with van der Waals surface area (Å²) in [5, 5.41) is 3.13. The molecule has 1 amide bonds. The Kier molecular flexibility index (Phi) is 4.98. The van der Waals surface area contributed by atoms with Crippen LogP contribution < -0.4 is 15.8 Å². The van der Waals surface area contributed by atoms with Gasteiger partial charge in [-0.1, -0.05) is 27.5 Å². The zero-order valence-corrected chi connectivity index (χ0v) is 14.5. The minimum Gasteiger partial charge on any atom is -0.478 e. The lowest BCUT2D eigenvalue weighted by molar-refractivity contribution is -0.128. The maximum absolute atomic E-state index is 12.4. The van der Waals surface area contributed by atoms with Crippen LogP contribution in [0.1, 0.15) is 13.8 Å². The third kappa shape index (κ3) is 4.15. The van der Waals surface area contributed by atoms with E-state index in [0.717, 1.165) is 4.47 Å². The van der Waals surface area contributed by atoms with Crippen molar-refractivity contribution in [2.75, 3.05) is 11.1 Å². The average Bonchev–Trinajstić information content (AvgIpc) is 2.44. The molecule has 0 aliphatic rings. The molecular weight excluding hydrogens is 368 g/mol. The van der Waals surface area contributed by atoms with Crippen molar-refractivity contribution < 1.29 is 9.53 Å². The van der Waals surface area contributed by atoms with Crippen LogP contribution in [0.5, 0.6) is 5.75 Å². The van der Waals surface area contributed by atoms with Gasteiger partial charge in [0.1, 0.15) is 5.75 Å². The van der Waals surface area contributed by atoms with Crippen molar-refractivity contribution in [1.29, 1.82) is 0 Å². The summed E-state index contributed by atoms with van der Waals surface area (Å²) in [5.41, 5.74) is 5.61. The molecule has 4 nitrogen and oxygen atoms in total. The van der Waals surface area contributed by atoms with Crippen LogP contribution >= 0.6 is 27.5 Å². The first kappa shape index (κ1) is 16.6. The molecule has 0 aromatic heterocycles. The Morgan fingerprint density at radius 2 is 1.86 bits per heavy atom. The Morgan fingerprint density at radius 3 is 2.45 bits per heavy atom. The monoisotopic (exact) mass is 382 g/mol. The molecule has 0 aliphatic carbocycles. The maximum Gasteiger partial charge on any atom is 0.268 e. The van der Waals surface area contributed by atoms with Crippen molar-refractivity contribution >= 4 is 44.8 Å². The van der Waals surface area contributed by atoms with Gasteiger partial charge in [0, 0.05) is 10.2 Å². The highest BCUT2D eigenvalue weighted by molar-refractivity contribution is 9.10. The van der Waals surface area contributed by atoms with E-state index in [2.05, 4.69) is 21.2 Å². The highest BCUT2D eigenvalue weighted by Crippen LogP contribution is 2.26. The van der Waals surface area contributed by atoms with Crippen LogP contribution in [0.25, 0.3) is 0 Å². The first-order chi connectivity index (χ1) is 10.3. The van der Waals surface area contributed by atoms with Crippen LogP contribution in [0.4, 0.5) is 11.4 Å². The molecule has 0 atom stereocenters. The summed E-state index contributed by atoms with van der Waals surface area (Å²) in [5.74, 6) is 0.300. The number of nitrogens with two attached hydrogens (primary N) is 1. The van der Waals surface area contributed by atoms with Gasteiger partial charge >= 0.3 is 0 Å². The zero-order chi connectivity index (χ0) is 16.3. The molecule has 0 radical (unpaired) electrons.